The number of rotatable bonds is 3. The topological polar surface area (TPSA) is 32.3 Å². The Labute approximate surface area is 103 Å². The zero-order valence-corrected chi connectivity index (χ0v) is 10.6. The molecule has 0 unspecified atom stereocenters. The van der Waals surface area contributed by atoms with Gasteiger partial charge in [0, 0.05) is 18.7 Å². The van der Waals surface area contributed by atoms with E-state index < -0.39 is 0 Å². The highest BCUT2D eigenvalue weighted by Crippen LogP contribution is 2.15. The lowest BCUT2D eigenvalue weighted by atomic mass is 10.0. The fourth-order valence-electron chi connectivity index (χ4n) is 2.06. The number of carbonyl (C=O) groups excluding carboxylic acids is 1. The fourth-order valence-corrected chi connectivity index (χ4v) is 2.06. The van der Waals surface area contributed by atoms with Crippen molar-refractivity contribution in [1.82, 2.24) is 10.4 Å². The normalized spacial score (nSPS) is 16.4. The minimum Gasteiger partial charge on any atom is -0.285 e. The van der Waals surface area contributed by atoms with Gasteiger partial charge >= 0.3 is 0 Å². The lowest BCUT2D eigenvalue weighted by Crippen LogP contribution is -2.39. The van der Waals surface area contributed by atoms with E-state index in [1.54, 1.807) is 0 Å². The molecule has 0 aromatic heterocycles. The van der Waals surface area contributed by atoms with Crippen LogP contribution in [0.4, 0.5) is 0 Å². The summed E-state index contributed by atoms with van der Waals surface area (Å²) in [6, 6.07) is 7.87. The van der Waals surface area contributed by atoms with E-state index in [-0.39, 0.29) is 5.91 Å². The molecule has 0 saturated carbocycles. The van der Waals surface area contributed by atoms with Gasteiger partial charge in [-0.3, -0.25) is 10.2 Å². The van der Waals surface area contributed by atoms with Crippen molar-refractivity contribution in [2.75, 3.05) is 13.1 Å². The van der Waals surface area contributed by atoms with Crippen molar-refractivity contribution < 1.29 is 4.79 Å². The third-order valence-corrected chi connectivity index (χ3v) is 3.21. The fraction of sp³-hybridized carbons (Fsp3) is 0.500. The molecule has 1 fully saturated rings. The lowest BCUT2D eigenvalue weighted by Gasteiger charge is -2.16. The van der Waals surface area contributed by atoms with Crippen molar-refractivity contribution in [2.24, 2.45) is 0 Å². The van der Waals surface area contributed by atoms with Crippen LogP contribution in [-0.4, -0.2) is 24.0 Å². The van der Waals surface area contributed by atoms with Crippen LogP contribution in [0.5, 0.6) is 0 Å². The summed E-state index contributed by atoms with van der Waals surface area (Å²) in [5, 5.41) is 2.00. The molecule has 1 aromatic carbocycles. The lowest BCUT2D eigenvalue weighted by molar-refractivity contribution is 0.0826. The van der Waals surface area contributed by atoms with E-state index >= 15 is 0 Å². The molecule has 0 spiro atoms. The maximum absolute atomic E-state index is 11.9. The maximum Gasteiger partial charge on any atom is 0.265 e. The van der Waals surface area contributed by atoms with E-state index in [0.29, 0.717) is 5.92 Å². The molecular weight excluding hydrogens is 212 g/mol. The predicted molar refractivity (Wildman–Crippen MR) is 68.8 cm³/mol. The van der Waals surface area contributed by atoms with Crippen LogP contribution in [0.15, 0.2) is 24.3 Å². The quantitative estimate of drug-likeness (QED) is 0.868. The van der Waals surface area contributed by atoms with Crippen LogP contribution in [0.2, 0.25) is 0 Å². The van der Waals surface area contributed by atoms with Crippen LogP contribution in [-0.2, 0) is 0 Å². The second-order valence-corrected chi connectivity index (χ2v) is 4.91. The first kappa shape index (κ1) is 12.1. The predicted octanol–water partition coefficient (Wildman–Crippen LogP) is 2.55. The maximum atomic E-state index is 11.9. The molecule has 1 aromatic rings. The Bertz CT molecular complexity index is 378. The number of hydrogen-bond donors (Lipinski definition) is 1. The molecular formula is C14H20N2O. The summed E-state index contributed by atoms with van der Waals surface area (Å²) >= 11 is 0. The Balaban J connectivity index is 1.98. The van der Waals surface area contributed by atoms with Crippen LogP contribution in [0.3, 0.4) is 0 Å². The summed E-state index contributed by atoms with van der Waals surface area (Å²) in [5.74, 6) is 0.507. The molecule has 2 rings (SSSR count). The van der Waals surface area contributed by atoms with Gasteiger partial charge in [-0.15, -0.1) is 0 Å². The van der Waals surface area contributed by atoms with Gasteiger partial charge in [-0.25, -0.2) is 5.01 Å². The van der Waals surface area contributed by atoms with E-state index in [0.717, 1.165) is 18.7 Å². The molecule has 1 heterocycles. The molecule has 0 radical (unpaired) electrons. The zero-order chi connectivity index (χ0) is 12.3. The third kappa shape index (κ3) is 3.07. The minimum atomic E-state index is 0.00204. The van der Waals surface area contributed by atoms with E-state index in [9.17, 15) is 4.79 Å². The monoisotopic (exact) mass is 232 g/mol. The molecule has 17 heavy (non-hydrogen) atoms. The summed E-state index contributed by atoms with van der Waals surface area (Å²) in [7, 11) is 0. The first-order valence-corrected chi connectivity index (χ1v) is 6.32. The van der Waals surface area contributed by atoms with Gasteiger partial charge in [0.25, 0.3) is 5.91 Å². The Hall–Kier alpha value is -1.35. The first-order valence-electron chi connectivity index (χ1n) is 6.32. The van der Waals surface area contributed by atoms with Crippen LogP contribution >= 0.6 is 0 Å². The van der Waals surface area contributed by atoms with Gasteiger partial charge < -0.3 is 0 Å². The number of hydrazine groups is 1. The number of amides is 1. The Kier molecular flexibility index (Phi) is 3.79. The number of benzene rings is 1. The third-order valence-electron chi connectivity index (χ3n) is 3.21. The number of nitrogens with one attached hydrogen (secondary N) is 1. The van der Waals surface area contributed by atoms with E-state index in [1.165, 1.54) is 18.4 Å². The molecule has 1 aliphatic heterocycles. The SMILES string of the molecule is CC(C)c1ccc(C(=O)NN2CCCC2)cc1. The van der Waals surface area contributed by atoms with E-state index in [4.69, 9.17) is 0 Å². The molecule has 1 saturated heterocycles. The van der Waals surface area contributed by atoms with Crippen LogP contribution < -0.4 is 5.43 Å². The molecule has 92 valence electrons. The van der Waals surface area contributed by atoms with E-state index in [1.807, 2.05) is 29.3 Å². The zero-order valence-electron chi connectivity index (χ0n) is 10.6. The largest absolute Gasteiger partial charge is 0.285 e. The van der Waals surface area contributed by atoms with Gasteiger partial charge in [-0.1, -0.05) is 26.0 Å². The van der Waals surface area contributed by atoms with Gasteiger partial charge in [-0.05, 0) is 36.5 Å². The average Bonchev–Trinajstić information content (AvgIpc) is 2.82. The molecule has 1 amide bonds. The molecule has 0 aliphatic carbocycles. The van der Waals surface area contributed by atoms with Crippen LogP contribution in [0.1, 0.15) is 48.5 Å². The van der Waals surface area contributed by atoms with Crippen molar-refractivity contribution >= 4 is 5.91 Å². The average molecular weight is 232 g/mol. The summed E-state index contributed by atoms with van der Waals surface area (Å²) in [5.41, 5.74) is 4.94. The molecule has 0 atom stereocenters. The Morgan fingerprint density at radius 1 is 1.18 bits per heavy atom. The van der Waals surface area contributed by atoms with Crippen molar-refractivity contribution in [1.29, 1.82) is 0 Å². The second-order valence-electron chi connectivity index (χ2n) is 4.91. The Morgan fingerprint density at radius 3 is 2.29 bits per heavy atom. The van der Waals surface area contributed by atoms with Gasteiger partial charge in [0.2, 0.25) is 0 Å². The summed E-state index contributed by atoms with van der Waals surface area (Å²) in [6.07, 6.45) is 2.35. The van der Waals surface area contributed by atoms with Crippen molar-refractivity contribution in [3.63, 3.8) is 0 Å². The summed E-state index contributed by atoms with van der Waals surface area (Å²) < 4.78 is 0. The molecule has 3 nitrogen and oxygen atoms in total. The molecule has 1 aliphatic rings. The van der Waals surface area contributed by atoms with Crippen LogP contribution in [0.25, 0.3) is 0 Å². The minimum absolute atomic E-state index is 0.00204. The van der Waals surface area contributed by atoms with Gasteiger partial charge in [0.15, 0.2) is 0 Å². The van der Waals surface area contributed by atoms with Crippen LogP contribution in [0, 0.1) is 0 Å². The first-order chi connectivity index (χ1) is 8.16. The Morgan fingerprint density at radius 2 is 1.76 bits per heavy atom. The number of nitrogens with zero attached hydrogens (tertiary/aromatic N) is 1. The number of hydrogen-bond acceptors (Lipinski definition) is 2. The standard InChI is InChI=1S/C14H20N2O/c1-11(2)12-5-7-13(8-6-12)14(17)15-16-9-3-4-10-16/h5-8,11H,3-4,9-10H2,1-2H3,(H,15,17). The second kappa shape index (κ2) is 5.32. The van der Waals surface area contributed by atoms with E-state index in [2.05, 4.69) is 19.3 Å². The van der Waals surface area contributed by atoms with Crippen molar-refractivity contribution in [2.45, 2.75) is 32.6 Å². The van der Waals surface area contributed by atoms with Gasteiger partial charge in [0.1, 0.15) is 0 Å². The smallest absolute Gasteiger partial charge is 0.265 e. The van der Waals surface area contributed by atoms with Crippen molar-refractivity contribution in [3.8, 4) is 0 Å². The highest BCUT2D eigenvalue weighted by molar-refractivity contribution is 5.93. The molecule has 1 N–H and O–H groups in total. The summed E-state index contributed by atoms with van der Waals surface area (Å²) in [4.78, 5) is 11.9. The molecule has 3 heteroatoms. The molecule has 0 bridgehead atoms. The van der Waals surface area contributed by atoms with Gasteiger partial charge in [0.05, 0.1) is 0 Å². The summed E-state index contributed by atoms with van der Waals surface area (Å²) in [6.45, 7) is 6.24. The number of carbonyl (C=O) groups is 1. The van der Waals surface area contributed by atoms with Gasteiger partial charge in [-0.2, -0.15) is 0 Å². The highest BCUT2D eigenvalue weighted by Gasteiger charge is 2.15. The highest BCUT2D eigenvalue weighted by atomic mass is 16.2. The van der Waals surface area contributed by atoms with Crippen molar-refractivity contribution in [3.05, 3.63) is 35.4 Å².